The van der Waals surface area contributed by atoms with Crippen LogP contribution in [0, 0.1) is 6.92 Å². The lowest BCUT2D eigenvalue weighted by atomic mass is 10.2. The normalized spacial score (nSPS) is 11.3. The molecule has 0 spiro atoms. The molecule has 0 saturated carbocycles. The Hall–Kier alpha value is -2.92. The van der Waals surface area contributed by atoms with Crippen LogP contribution < -0.4 is 16.7 Å². The standard InChI is InChI=1S/C15H13N7O2S2/c1-8-6-25-13(17-8)18-11(23)7-26-15-20-19-14-21(15)10-5-3-2-4-9(10)12(24)22(14)16/h2-6H,7,16H2,1H3,(H,17,18,23). The Morgan fingerprint density at radius 2 is 2.15 bits per heavy atom. The summed E-state index contributed by atoms with van der Waals surface area (Å²) in [6, 6.07) is 7.05. The van der Waals surface area contributed by atoms with Gasteiger partial charge in [-0.25, -0.2) is 4.98 Å². The zero-order valence-electron chi connectivity index (χ0n) is 13.5. The second-order valence-electron chi connectivity index (χ2n) is 5.44. The molecule has 0 atom stereocenters. The van der Waals surface area contributed by atoms with E-state index < -0.39 is 0 Å². The lowest BCUT2D eigenvalue weighted by molar-refractivity contribution is -0.113. The fourth-order valence-electron chi connectivity index (χ4n) is 2.49. The van der Waals surface area contributed by atoms with E-state index in [-0.39, 0.29) is 23.0 Å². The SMILES string of the molecule is Cc1csc(NC(=O)CSc2nnc3n(N)c(=O)c4ccccc4n23)n1. The van der Waals surface area contributed by atoms with Gasteiger partial charge >= 0.3 is 0 Å². The van der Waals surface area contributed by atoms with Crippen LogP contribution in [-0.4, -0.2) is 35.9 Å². The van der Waals surface area contributed by atoms with Gasteiger partial charge < -0.3 is 11.2 Å². The molecule has 0 saturated heterocycles. The van der Waals surface area contributed by atoms with E-state index in [1.54, 1.807) is 22.6 Å². The minimum absolute atomic E-state index is 0.122. The number of aryl methyl sites for hydroxylation is 1. The van der Waals surface area contributed by atoms with Crippen molar-refractivity contribution in [2.24, 2.45) is 0 Å². The molecule has 0 bridgehead atoms. The van der Waals surface area contributed by atoms with Crippen molar-refractivity contribution in [3.63, 3.8) is 0 Å². The van der Waals surface area contributed by atoms with Crippen LogP contribution in [0.15, 0.2) is 39.6 Å². The fourth-order valence-corrected chi connectivity index (χ4v) is 3.93. The molecule has 3 heterocycles. The van der Waals surface area contributed by atoms with Crippen LogP contribution >= 0.6 is 23.1 Å². The van der Waals surface area contributed by atoms with Crippen LogP contribution in [0.3, 0.4) is 0 Å². The fraction of sp³-hybridized carbons (Fsp3) is 0.133. The maximum Gasteiger partial charge on any atom is 0.281 e. The first-order chi connectivity index (χ1) is 12.5. The molecule has 26 heavy (non-hydrogen) atoms. The summed E-state index contributed by atoms with van der Waals surface area (Å²) in [7, 11) is 0. The van der Waals surface area contributed by atoms with Crippen molar-refractivity contribution in [3.05, 3.63) is 45.7 Å². The first-order valence-electron chi connectivity index (χ1n) is 7.53. The van der Waals surface area contributed by atoms with Crippen molar-refractivity contribution in [1.82, 2.24) is 24.3 Å². The van der Waals surface area contributed by atoms with Crippen LogP contribution in [-0.2, 0) is 4.79 Å². The molecule has 0 aliphatic carbocycles. The Labute approximate surface area is 154 Å². The number of hydrogen-bond donors (Lipinski definition) is 2. The molecule has 3 N–H and O–H groups in total. The molecule has 3 aromatic heterocycles. The van der Waals surface area contributed by atoms with Gasteiger partial charge in [-0.05, 0) is 19.1 Å². The van der Waals surface area contributed by atoms with Crippen LogP contribution in [0.25, 0.3) is 16.7 Å². The molecule has 11 heteroatoms. The van der Waals surface area contributed by atoms with Crippen molar-refractivity contribution in [2.45, 2.75) is 12.1 Å². The number of carbonyl (C=O) groups is 1. The number of thiazole rings is 1. The minimum Gasteiger partial charge on any atom is -0.333 e. The molecule has 1 aromatic carbocycles. The van der Waals surface area contributed by atoms with Gasteiger partial charge in [0.15, 0.2) is 10.3 Å². The highest BCUT2D eigenvalue weighted by Gasteiger charge is 2.16. The highest BCUT2D eigenvalue weighted by Crippen LogP contribution is 2.21. The van der Waals surface area contributed by atoms with Crippen molar-refractivity contribution >= 4 is 50.8 Å². The highest BCUT2D eigenvalue weighted by molar-refractivity contribution is 7.99. The summed E-state index contributed by atoms with van der Waals surface area (Å²) in [6.45, 7) is 1.86. The number of aromatic nitrogens is 5. The molecular formula is C15H13N7O2S2. The van der Waals surface area contributed by atoms with Crippen LogP contribution in [0.5, 0.6) is 0 Å². The maximum atomic E-state index is 12.3. The van der Waals surface area contributed by atoms with E-state index in [1.807, 2.05) is 18.4 Å². The van der Waals surface area contributed by atoms with Crippen molar-refractivity contribution in [1.29, 1.82) is 0 Å². The molecular weight excluding hydrogens is 374 g/mol. The molecule has 4 rings (SSSR count). The second kappa shape index (κ2) is 6.42. The number of nitrogens with zero attached hydrogens (tertiary/aromatic N) is 5. The number of fused-ring (bicyclic) bond motifs is 3. The van der Waals surface area contributed by atoms with Crippen molar-refractivity contribution < 1.29 is 4.79 Å². The monoisotopic (exact) mass is 387 g/mol. The van der Waals surface area contributed by atoms with Crippen molar-refractivity contribution in [2.75, 3.05) is 16.9 Å². The number of rotatable bonds is 4. The molecule has 0 aliphatic rings. The number of nitrogen functional groups attached to an aromatic ring is 1. The summed E-state index contributed by atoms with van der Waals surface area (Å²) in [4.78, 5) is 28.6. The van der Waals surface area contributed by atoms with E-state index in [1.165, 1.54) is 23.1 Å². The smallest absolute Gasteiger partial charge is 0.281 e. The summed E-state index contributed by atoms with van der Waals surface area (Å²) in [5.74, 6) is 5.98. The van der Waals surface area contributed by atoms with Gasteiger partial charge in [-0.2, -0.15) is 4.68 Å². The van der Waals surface area contributed by atoms with E-state index in [2.05, 4.69) is 20.5 Å². The first-order valence-corrected chi connectivity index (χ1v) is 9.40. The number of nitrogens with two attached hydrogens (primary N) is 1. The van der Waals surface area contributed by atoms with Gasteiger partial charge in [0.05, 0.1) is 22.3 Å². The average Bonchev–Trinajstić information content (AvgIpc) is 3.24. The van der Waals surface area contributed by atoms with E-state index in [9.17, 15) is 9.59 Å². The highest BCUT2D eigenvalue weighted by atomic mass is 32.2. The molecule has 4 aromatic rings. The number of anilines is 1. The van der Waals surface area contributed by atoms with Crippen LogP contribution in [0.2, 0.25) is 0 Å². The van der Waals surface area contributed by atoms with Gasteiger partial charge in [-0.15, -0.1) is 21.5 Å². The van der Waals surface area contributed by atoms with Crippen LogP contribution in [0.1, 0.15) is 5.69 Å². The third-order valence-electron chi connectivity index (χ3n) is 3.62. The molecule has 0 aliphatic heterocycles. The topological polar surface area (TPSA) is 120 Å². The van der Waals surface area contributed by atoms with Gasteiger partial charge in [-0.3, -0.25) is 14.0 Å². The number of para-hydroxylation sites is 1. The third kappa shape index (κ3) is 2.80. The number of thioether (sulfide) groups is 1. The van der Waals surface area contributed by atoms with Crippen molar-refractivity contribution in [3.8, 4) is 0 Å². The van der Waals surface area contributed by atoms with Gasteiger partial charge in [0, 0.05) is 5.38 Å². The lowest BCUT2D eigenvalue weighted by Gasteiger charge is -2.07. The minimum atomic E-state index is -0.353. The zero-order valence-corrected chi connectivity index (χ0v) is 15.2. The predicted octanol–water partition coefficient (Wildman–Crippen LogP) is 1.25. The summed E-state index contributed by atoms with van der Waals surface area (Å²) < 4.78 is 2.63. The molecule has 1 amide bonds. The Morgan fingerprint density at radius 3 is 2.92 bits per heavy atom. The number of benzene rings is 1. The largest absolute Gasteiger partial charge is 0.333 e. The summed E-state index contributed by atoms with van der Waals surface area (Å²) in [6.07, 6.45) is 0. The van der Waals surface area contributed by atoms with E-state index in [4.69, 9.17) is 5.84 Å². The molecule has 0 unspecified atom stereocenters. The maximum absolute atomic E-state index is 12.3. The van der Waals surface area contributed by atoms with Gasteiger partial charge in [0.1, 0.15) is 0 Å². The molecule has 0 radical (unpaired) electrons. The third-order valence-corrected chi connectivity index (χ3v) is 5.43. The predicted molar refractivity (Wildman–Crippen MR) is 101 cm³/mol. The number of amides is 1. The summed E-state index contributed by atoms with van der Waals surface area (Å²) in [5, 5.41) is 14.1. The molecule has 9 nitrogen and oxygen atoms in total. The summed E-state index contributed by atoms with van der Waals surface area (Å²) in [5.41, 5.74) is 1.14. The summed E-state index contributed by atoms with van der Waals surface area (Å²) >= 11 is 2.57. The van der Waals surface area contributed by atoms with Gasteiger partial charge in [0.25, 0.3) is 11.3 Å². The zero-order chi connectivity index (χ0) is 18.3. The number of hydrogen-bond acceptors (Lipinski definition) is 8. The van der Waals surface area contributed by atoms with Crippen LogP contribution in [0.4, 0.5) is 5.13 Å². The lowest BCUT2D eigenvalue weighted by Crippen LogP contribution is -2.29. The molecule has 0 fully saturated rings. The second-order valence-corrected chi connectivity index (χ2v) is 7.24. The quantitative estimate of drug-likeness (QED) is 0.399. The van der Waals surface area contributed by atoms with E-state index in [0.29, 0.717) is 21.2 Å². The van der Waals surface area contributed by atoms with Gasteiger partial charge in [0.2, 0.25) is 5.91 Å². The van der Waals surface area contributed by atoms with E-state index >= 15 is 0 Å². The number of carbonyl (C=O) groups excluding carboxylic acids is 1. The Kier molecular flexibility index (Phi) is 4.09. The average molecular weight is 387 g/mol. The molecule has 132 valence electrons. The Bertz CT molecular complexity index is 1190. The van der Waals surface area contributed by atoms with E-state index in [0.717, 1.165) is 10.4 Å². The number of nitrogens with one attached hydrogen (secondary N) is 1. The van der Waals surface area contributed by atoms with Gasteiger partial charge in [-0.1, -0.05) is 23.9 Å². The Morgan fingerprint density at radius 1 is 1.35 bits per heavy atom. The Balaban J connectivity index is 1.65. The first kappa shape index (κ1) is 16.5.